The highest BCUT2D eigenvalue weighted by molar-refractivity contribution is 7.80. The van der Waals surface area contributed by atoms with Crippen molar-refractivity contribution in [1.29, 1.82) is 0 Å². The largest absolute Gasteiger partial charge is 0.389 e. The SMILES string of the molecule is Cc1ccccc1-c1ccc(C(N)=S)cc1. The standard InChI is InChI=1S/C14H13NS/c1-10-4-2-3-5-13(10)11-6-8-12(9-7-11)14(15)16/h2-9H,1H3,(H2,15,16). The molecule has 0 spiro atoms. The van der Waals surface area contributed by atoms with Gasteiger partial charge in [-0.15, -0.1) is 0 Å². The molecule has 0 unspecified atom stereocenters. The molecule has 0 atom stereocenters. The lowest BCUT2D eigenvalue weighted by Crippen LogP contribution is -2.08. The molecule has 2 rings (SSSR count). The van der Waals surface area contributed by atoms with Gasteiger partial charge in [-0.3, -0.25) is 0 Å². The minimum Gasteiger partial charge on any atom is -0.389 e. The maximum absolute atomic E-state index is 5.56. The normalized spacial score (nSPS) is 10.1. The van der Waals surface area contributed by atoms with E-state index in [0.29, 0.717) is 4.99 Å². The zero-order chi connectivity index (χ0) is 11.5. The number of rotatable bonds is 2. The van der Waals surface area contributed by atoms with Crippen LogP contribution in [0.1, 0.15) is 11.1 Å². The van der Waals surface area contributed by atoms with Crippen molar-refractivity contribution in [3.8, 4) is 11.1 Å². The van der Waals surface area contributed by atoms with Gasteiger partial charge in [-0.25, -0.2) is 0 Å². The van der Waals surface area contributed by atoms with E-state index in [2.05, 4.69) is 31.2 Å². The van der Waals surface area contributed by atoms with E-state index >= 15 is 0 Å². The Morgan fingerprint density at radius 2 is 1.62 bits per heavy atom. The molecule has 0 fully saturated rings. The van der Waals surface area contributed by atoms with Gasteiger partial charge in [0.05, 0.1) is 0 Å². The van der Waals surface area contributed by atoms with Gasteiger partial charge in [0.25, 0.3) is 0 Å². The molecule has 0 radical (unpaired) electrons. The van der Waals surface area contributed by atoms with Crippen LogP contribution in [0.5, 0.6) is 0 Å². The fourth-order valence-electron chi connectivity index (χ4n) is 1.71. The van der Waals surface area contributed by atoms with Crippen LogP contribution >= 0.6 is 12.2 Å². The van der Waals surface area contributed by atoms with Crippen molar-refractivity contribution in [3.05, 3.63) is 59.7 Å². The Morgan fingerprint density at radius 1 is 1.00 bits per heavy atom. The lowest BCUT2D eigenvalue weighted by atomic mass is 10.00. The minimum absolute atomic E-state index is 0.441. The van der Waals surface area contributed by atoms with E-state index in [9.17, 15) is 0 Å². The van der Waals surface area contributed by atoms with Crippen molar-refractivity contribution in [2.24, 2.45) is 5.73 Å². The molecule has 0 bridgehead atoms. The van der Waals surface area contributed by atoms with Crippen molar-refractivity contribution in [1.82, 2.24) is 0 Å². The predicted octanol–water partition coefficient (Wildman–Crippen LogP) is 3.30. The molecule has 1 nitrogen and oxygen atoms in total. The predicted molar refractivity (Wildman–Crippen MR) is 72.5 cm³/mol. The topological polar surface area (TPSA) is 26.0 Å². The average Bonchev–Trinajstić information content (AvgIpc) is 2.30. The third kappa shape index (κ3) is 2.12. The molecule has 0 aromatic heterocycles. The third-order valence-corrected chi connectivity index (χ3v) is 2.86. The van der Waals surface area contributed by atoms with Gasteiger partial charge in [0, 0.05) is 5.56 Å². The first-order valence-electron chi connectivity index (χ1n) is 5.14. The Kier molecular flexibility index (Phi) is 3.02. The van der Waals surface area contributed by atoms with Crippen LogP contribution in [0.3, 0.4) is 0 Å². The molecule has 0 heterocycles. The van der Waals surface area contributed by atoms with Gasteiger partial charge in [0.1, 0.15) is 4.99 Å². The smallest absolute Gasteiger partial charge is 0.103 e. The molecule has 16 heavy (non-hydrogen) atoms. The molecule has 2 heteroatoms. The van der Waals surface area contributed by atoms with Gasteiger partial charge in [-0.2, -0.15) is 0 Å². The quantitative estimate of drug-likeness (QED) is 0.797. The van der Waals surface area contributed by atoms with Gasteiger partial charge >= 0.3 is 0 Å². The molecule has 0 saturated heterocycles. The molecule has 0 aliphatic rings. The molecule has 2 aromatic rings. The van der Waals surface area contributed by atoms with Crippen LogP contribution in [-0.2, 0) is 0 Å². The van der Waals surface area contributed by atoms with Crippen molar-refractivity contribution in [2.75, 3.05) is 0 Å². The summed E-state index contributed by atoms with van der Waals surface area (Å²) in [6.07, 6.45) is 0. The Labute approximate surface area is 101 Å². The Hall–Kier alpha value is -1.67. The first-order chi connectivity index (χ1) is 7.68. The van der Waals surface area contributed by atoms with Gasteiger partial charge in [0.2, 0.25) is 0 Å². The summed E-state index contributed by atoms with van der Waals surface area (Å²) in [6.45, 7) is 2.11. The first-order valence-corrected chi connectivity index (χ1v) is 5.55. The number of hydrogen-bond donors (Lipinski definition) is 1. The van der Waals surface area contributed by atoms with Crippen molar-refractivity contribution < 1.29 is 0 Å². The van der Waals surface area contributed by atoms with Crippen LogP contribution in [0.4, 0.5) is 0 Å². The zero-order valence-electron chi connectivity index (χ0n) is 9.10. The maximum Gasteiger partial charge on any atom is 0.103 e. The van der Waals surface area contributed by atoms with Crippen LogP contribution < -0.4 is 5.73 Å². The summed E-state index contributed by atoms with van der Waals surface area (Å²) in [5.41, 5.74) is 10.2. The summed E-state index contributed by atoms with van der Waals surface area (Å²) < 4.78 is 0. The highest BCUT2D eigenvalue weighted by atomic mass is 32.1. The van der Waals surface area contributed by atoms with E-state index in [4.69, 9.17) is 18.0 Å². The molecule has 0 amide bonds. The van der Waals surface area contributed by atoms with E-state index in [1.807, 2.05) is 24.3 Å². The number of thiocarbonyl (C=S) groups is 1. The summed E-state index contributed by atoms with van der Waals surface area (Å²) in [6, 6.07) is 16.3. The monoisotopic (exact) mass is 227 g/mol. The van der Waals surface area contributed by atoms with Crippen LogP contribution in [0, 0.1) is 6.92 Å². The molecule has 0 aliphatic carbocycles. The fraction of sp³-hybridized carbons (Fsp3) is 0.0714. The van der Waals surface area contributed by atoms with Crippen LogP contribution in [-0.4, -0.2) is 4.99 Å². The lowest BCUT2D eigenvalue weighted by Gasteiger charge is -2.06. The van der Waals surface area contributed by atoms with Gasteiger partial charge < -0.3 is 5.73 Å². The molecular formula is C14H13NS. The second kappa shape index (κ2) is 4.45. The Morgan fingerprint density at radius 3 is 2.19 bits per heavy atom. The molecule has 0 saturated carbocycles. The summed E-state index contributed by atoms with van der Waals surface area (Å²) >= 11 is 4.93. The van der Waals surface area contributed by atoms with Gasteiger partial charge in [0.15, 0.2) is 0 Å². The van der Waals surface area contributed by atoms with E-state index < -0.39 is 0 Å². The summed E-state index contributed by atoms with van der Waals surface area (Å²) in [4.78, 5) is 0.441. The zero-order valence-corrected chi connectivity index (χ0v) is 9.92. The van der Waals surface area contributed by atoms with Gasteiger partial charge in [-0.05, 0) is 23.6 Å². The van der Waals surface area contributed by atoms with Crippen LogP contribution in [0.2, 0.25) is 0 Å². The van der Waals surface area contributed by atoms with Crippen molar-refractivity contribution in [2.45, 2.75) is 6.92 Å². The molecular weight excluding hydrogens is 214 g/mol. The van der Waals surface area contributed by atoms with Crippen molar-refractivity contribution >= 4 is 17.2 Å². The number of nitrogens with two attached hydrogens (primary N) is 1. The second-order valence-electron chi connectivity index (χ2n) is 3.76. The number of hydrogen-bond acceptors (Lipinski definition) is 1. The fourth-order valence-corrected chi connectivity index (χ4v) is 1.85. The highest BCUT2D eigenvalue weighted by Gasteiger charge is 2.01. The number of aryl methyl sites for hydroxylation is 1. The average molecular weight is 227 g/mol. The molecule has 0 aliphatic heterocycles. The maximum atomic E-state index is 5.56. The van der Waals surface area contributed by atoms with E-state index in [0.717, 1.165) is 5.56 Å². The van der Waals surface area contributed by atoms with Crippen molar-refractivity contribution in [3.63, 3.8) is 0 Å². The summed E-state index contributed by atoms with van der Waals surface area (Å²) in [7, 11) is 0. The summed E-state index contributed by atoms with van der Waals surface area (Å²) in [5, 5.41) is 0. The van der Waals surface area contributed by atoms with E-state index in [1.54, 1.807) is 0 Å². The molecule has 2 aromatic carbocycles. The molecule has 2 N–H and O–H groups in total. The Bertz CT molecular complexity index is 515. The van der Waals surface area contributed by atoms with E-state index in [1.165, 1.54) is 16.7 Å². The third-order valence-electron chi connectivity index (χ3n) is 2.63. The first kappa shape index (κ1) is 10.8. The minimum atomic E-state index is 0.441. The van der Waals surface area contributed by atoms with Crippen LogP contribution in [0.25, 0.3) is 11.1 Å². The van der Waals surface area contributed by atoms with E-state index in [-0.39, 0.29) is 0 Å². The number of benzene rings is 2. The lowest BCUT2D eigenvalue weighted by molar-refractivity contribution is 1.46. The highest BCUT2D eigenvalue weighted by Crippen LogP contribution is 2.23. The van der Waals surface area contributed by atoms with Crippen LogP contribution in [0.15, 0.2) is 48.5 Å². The Balaban J connectivity index is 2.43. The van der Waals surface area contributed by atoms with Gasteiger partial charge in [-0.1, -0.05) is 60.7 Å². The summed E-state index contributed by atoms with van der Waals surface area (Å²) in [5.74, 6) is 0. The molecule has 80 valence electrons. The second-order valence-corrected chi connectivity index (χ2v) is 4.20.